The molecule has 1 rings (SSSR count). The highest BCUT2D eigenvalue weighted by molar-refractivity contribution is 5.83. The minimum atomic E-state index is -0.936. The van der Waals surface area contributed by atoms with Gasteiger partial charge in [-0.1, -0.05) is 0 Å². The SMILES string of the molecule is COCCNC(=O)N1CCC[C@H]1C(=O)O. The summed E-state index contributed by atoms with van der Waals surface area (Å²) in [6.45, 7) is 1.34. The first-order valence-electron chi connectivity index (χ1n) is 4.93. The van der Waals surface area contributed by atoms with E-state index in [1.807, 2.05) is 0 Å². The summed E-state index contributed by atoms with van der Waals surface area (Å²) in [6.07, 6.45) is 1.28. The van der Waals surface area contributed by atoms with Crippen LogP contribution in [0.15, 0.2) is 0 Å². The lowest BCUT2D eigenvalue weighted by Gasteiger charge is -2.21. The number of rotatable bonds is 4. The van der Waals surface area contributed by atoms with Crippen LogP contribution in [0.3, 0.4) is 0 Å². The molecule has 0 aromatic rings. The Morgan fingerprint density at radius 2 is 2.33 bits per heavy atom. The van der Waals surface area contributed by atoms with E-state index >= 15 is 0 Å². The summed E-state index contributed by atoms with van der Waals surface area (Å²) in [7, 11) is 1.54. The van der Waals surface area contributed by atoms with E-state index in [1.54, 1.807) is 7.11 Å². The number of nitrogens with zero attached hydrogens (tertiary/aromatic N) is 1. The largest absolute Gasteiger partial charge is 0.480 e. The van der Waals surface area contributed by atoms with Gasteiger partial charge in [-0.2, -0.15) is 0 Å². The second-order valence-electron chi connectivity index (χ2n) is 3.41. The molecule has 15 heavy (non-hydrogen) atoms. The van der Waals surface area contributed by atoms with Gasteiger partial charge in [0.15, 0.2) is 0 Å². The summed E-state index contributed by atoms with van der Waals surface area (Å²) >= 11 is 0. The van der Waals surface area contributed by atoms with Crippen molar-refractivity contribution in [2.24, 2.45) is 0 Å². The van der Waals surface area contributed by atoms with Gasteiger partial charge < -0.3 is 20.1 Å². The van der Waals surface area contributed by atoms with E-state index < -0.39 is 12.0 Å². The van der Waals surface area contributed by atoms with Gasteiger partial charge in [-0.3, -0.25) is 0 Å². The molecule has 0 aromatic carbocycles. The molecule has 2 N–H and O–H groups in total. The monoisotopic (exact) mass is 216 g/mol. The van der Waals surface area contributed by atoms with Crippen molar-refractivity contribution in [1.29, 1.82) is 0 Å². The van der Waals surface area contributed by atoms with Crippen LogP contribution in [-0.4, -0.2) is 54.9 Å². The van der Waals surface area contributed by atoms with E-state index in [1.165, 1.54) is 4.90 Å². The Morgan fingerprint density at radius 3 is 2.93 bits per heavy atom. The van der Waals surface area contributed by atoms with Crippen molar-refractivity contribution in [3.63, 3.8) is 0 Å². The number of methoxy groups -OCH3 is 1. The first kappa shape index (κ1) is 11.8. The van der Waals surface area contributed by atoms with Gasteiger partial charge in [-0.25, -0.2) is 9.59 Å². The van der Waals surface area contributed by atoms with Crippen LogP contribution in [0.2, 0.25) is 0 Å². The van der Waals surface area contributed by atoms with Crippen molar-refractivity contribution in [2.45, 2.75) is 18.9 Å². The molecule has 0 saturated carbocycles. The average molecular weight is 216 g/mol. The number of carboxylic acid groups (broad SMARTS) is 1. The Hall–Kier alpha value is -1.30. The predicted octanol–water partition coefficient (Wildman–Crippen LogP) is -0.109. The summed E-state index contributed by atoms with van der Waals surface area (Å²) in [5, 5.41) is 11.5. The first-order chi connectivity index (χ1) is 7.16. The van der Waals surface area contributed by atoms with E-state index in [0.717, 1.165) is 6.42 Å². The molecule has 1 aliphatic heterocycles. The third-order valence-corrected chi connectivity index (χ3v) is 2.38. The van der Waals surface area contributed by atoms with Crippen molar-refractivity contribution in [2.75, 3.05) is 26.8 Å². The molecule has 2 amide bonds. The van der Waals surface area contributed by atoms with Gasteiger partial charge in [0.1, 0.15) is 6.04 Å². The number of hydrogen-bond acceptors (Lipinski definition) is 3. The molecule has 0 spiro atoms. The van der Waals surface area contributed by atoms with Crippen molar-refractivity contribution < 1.29 is 19.4 Å². The van der Waals surface area contributed by atoms with Crippen LogP contribution >= 0.6 is 0 Å². The second-order valence-corrected chi connectivity index (χ2v) is 3.41. The van der Waals surface area contributed by atoms with Gasteiger partial charge in [0.2, 0.25) is 0 Å². The van der Waals surface area contributed by atoms with Crippen LogP contribution in [-0.2, 0) is 9.53 Å². The van der Waals surface area contributed by atoms with E-state index in [4.69, 9.17) is 9.84 Å². The molecular weight excluding hydrogens is 200 g/mol. The molecule has 1 heterocycles. The number of aliphatic carboxylic acids is 1. The van der Waals surface area contributed by atoms with Crippen LogP contribution in [0.5, 0.6) is 0 Å². The topological polar surface area (TPSA) is 78.9 Å². The standard InChI is InChI=1S/C9H16N2O4/c1-15-6-4-10-9(14)11-5-2-3-7(11)8(12)13/h7H,2-6H2,1H3,(H,10,14)(H,12,13)/t7-/m0/s1. The van der Waals surface area contributed by atoms with Gasteiger partial charge in [-0.15, -0.1) is 0 Å². The highest BCUT2D eigenvalue weighted by atomic mass is 16.5. The zero-order valence-corrected chi connectivity index (χ0v) is 8.73. The molecule has 0 aliphatic carbocycles. The highest BCUT2D eigenvalue weighted by Crippen LogP contribution is 2.16. The molecule has 0 unspecified atom stereocenters. The Labute approximate surface area is 88.2 Å². The summed E-state index contributed by atoms with van der Waals surface area (Å²) in [5.74, 6) is -0.936. The lowest BCUT2D eigenvalue weighted by Crippen LogP contribution is -2.46. The molecule has 6 nitrogen and oxygen atoms in total. The van der Waals surface area contributed by atoms with Gasteiger partial charge >= 0.3 is 12.0 Å². The second kappa shape index (κ2) is 5.55. The minimum absolute atomic E-state index is 0.322. The molecule has 1 atom stereocenters. The van der Waals surface area contributed by atoms with Crippen LogP contribution in [0, 0.1) is 0 Å². The van der Waals surface area contributed by atoms with Gasteiger partial charge in [0, 0.05) is 20.2 Å². The third-order valence-electron chi connectivity index (χ3n) is 2.38. The number of urea groups is 1. The lowest BCUT2D eigenvalue weighted by atomic mass is 10.2. The van der Waals surface area contributed by atoms with E-state index in [0.29, 0.717) is 26.1 Å². The molecule has 86 valence electrons. The number of carbonyl (C=O) groups excluding carboxylic acids is 1. The van der Waals surface area contributed by atoms with Crippen molar-refractivity contribution in [3.8, 4) is 0 Å². The van der Waals surface area contributed by atoms with Crippen LogP contribution < -0.4 is 5.32 Å². The number of ether oxygens (including phenoxy) is 1. The van der Waals surface area contributed by atoms with Crippen molar-refractivity contribution in [1.82, 2.24) is 10.2 Å². The molecule has 1 aliphatic rings. The fraction of sp³-hybridized carbons (Fsp3) is 0.778. The molecular formula is C9H16N2O4. The molecule has 0 aromatic heterocycles. The number of nitrogens with one attached hydrogen (secondary N) is 1. The smallest absolute Gasteiger partial charge is 0.326 e. The van der Waals surface area contributed by atoms with Crippen molar-refractivity contribution in [3.05, 3.63) is 0 Å². The summed E-state index contributed by atoms with van der Waals surface area (Å²) in [6, 6.07) is -0.996. The number of carbonyl (C=O) groups is 2. The number of likely N-dealkylation sites (tertiary alicyclic amines) is 1. The van der Waals surface area contributed by atoms with E-state index in [2.05, 4.69) is 5.32 Å². The number of hydrogen-bond donors (Lipinski definition) is 2. The molecule has 0 radical (unpaired) electrons. The van der Waals surface area contributed by atoms with Crippen LogP contribution in [0.1, 0.15) is 12.8 Å². The van der Waals surface area contributed by atoms with Gasteiger partial charge in [0.05, 0.1) is 6.61 Å². The van der Waals surface area contributed by atoms with Crippen LogP contribution in [0.4, 0.5) is 4.79 Å². The summed E-state index contributed by atoms with van der Waals surface area (Å²) in [5.41, 5.74) is 0. The molecule has 1 saturated heterocycles. The quantitative estimate of drug-likeness (QED) is 0.643. The van der Waals surface area contributed by atoms with Crippen LogP contribution in [0.25, 0.3) is 0 Å². The highest BCUT2D eigenvalue weighted by Gasteiger charge is 2.33. The van der Waals surface area contributed by atoms with Crippen molar-refractivity contribution >= 4 is 12.0 Å². The normalized spacial score (nSPS) is 20.3. The van der Waals surface area contributed by atoms with Gasteiger partial charge in [0.25, 0.3) is 0 Å². The molecule has 0 bridgehead atoms. The number of amides is 2. The Morgan fingerprint density at radius 1 is 1.60 bits per heavy atom. The third kappa shape index (κ3) is 3.09. The van der Waals surface area contributed by atoms with E-state index in [9.17, 15) is 9.59 Å². The maximum Gasteiger partial charge on any atom is 0.326 e. The maximum absolute atomic E-state index is 11.5. The Kier molecular flexibility index (Phi) is 4.36. The fourth-order valence-electron chi connectivity index (χ4n) is 1.63. The lowest BCUT2D eigenvalue weighted by molar-refractivity contribution is -0.141. The van der Waals surface area contributed by atoms with Gasteiger partial charge in [-0.05, 0) is 12.8 Å². The minimum Gasteiger partial charge on any atom is -0.480 e. The predicted molar refractivity (Wildman–Crippen MR) is 52.6 cm³/mol. The zero-order valence-electron chi connectivity index (χ0n) is 8.73. The fourth-order valence-corrected chi connectivity index (χ4v) is 1.63. The van der Waals surface area contributed by atoms with E-state index in [-0.39, 0.29) is 6.03 Å². The first-order valence-corrected chi connectivity index (χ1v) is 4.93. The maximum atomic E-state index is 11.5. The number of carboxylic acids is 1. The average Bonchev–Trinajstić information content (AvgIpc) is 2.66. The summed E-state index contributed by atoms with van der Waals surface area (Å²) < 4.78 is 4.78. The zero-order chi connectivity index (χ0) is 11.3. The Bertz CT molecular complexity index is 244. The summed E-state index contributed by atoms with van der Waals surface area (Å²) in [4.78, 5) is 23.7. The Balaban J connectivity index is 2.40. The molecule has 6 heteroatoms. The molecule has 1 fully saturated rings.